The molecule has 3 rings (SSSR count). The molecule has 0 radical (unpaired) electrons. The Bertz CT molecular complexity index is 1100. The van der Waals surface area contributed by atoms with E-state index >= 15 is 0 Å². The molecule has 0 aromatic heterocycles. The van der Waals surface area contributed by atoms with E-state index in [0.717, 1.165) is 5.39 Å². The topological polar surface area (TPSA) is 77.4 Å². The van der Waals surface area contributed by atoms with Gasteiger partial charge in [-0.15, -0.1) is 0 Å². The van der Waals surface area contributed by atoms with Gasteiger partial charge in [-0.2, -0.15) is 39.5 Å². The second-order valence-electron chi connectivity index (χ2n) is 6.85. The highest BCUT2D eigenvalue weighted by Crippen LogP contribution is 2.54. The van der Waals surface area contributed by atoms with Crippen LogP contribution in [0, 0.1) is 0 Å². The zero-order chi connectivity index (χ0) is 25.5. The monoisotopic (exact) mass is 530 g/mol. The molecular weight excluding hydrogens is 515 g/mol. The van der Waals surface area contributed by atoms with Crippen LogP contribution in [0.1, 0.15) is 12.8 Å². The Balaban J connectivity index is 0.000000233. The normalized spacial score (nSPS) is 16.5. The van der Waals surface area contributed by atoms with E-state index < -0.39 is 33.4 Å². The van der Waals surface area contributed by atoms with Gasteiger partial charge >= 0.3 is 23.3 Å². The molecule has 186 valence electrons. The van der Waals surface area contributed by atoms with Crippen LogP contribution in [0.2, 0.25) is 0 Å². The van der Waals surface area contributed by atoms with Gasteiger partial charge in [-0.05, 0) is 31.0 Å². The van der Waals surface area contributed by atoms with Gasteiger partial charge in [0.05, 0.1) is 0 Å². The number of aromatic hydroxyl groups is 1. The van der Waals surface area contributed by atoms with Gasteiger partial charge in [0, 0.05) is 21.7 Å². The van der Waals surface area contributed by atoms with Crippen LogP contribution in [0.3, 0.4) is 0 Å². The molecule has 0 spiro atoms. The summed E-state index contributed by atoms with van der Waals surface area (Å²) in [4.78, 5) is 1.45. The summed E-state index contributed by atoms with van der Waals surface area (Å²) in [5, 5.41) is 4.97. The van der Waals surface area contributed by atoms with E-state index in [-0.39, 0.29) is 0 Å². The summed E-state index contributed by atoms with van der Waals surface area (Å²) in [6, 6.07) is 12.2. The van der Waals surface area contributed by atoms with Gasteiger partial charge in [-0.1, -0.05) is 18.2 Å². The van der Waals surface area contributed by atoms with Crippen molar-refractivity contribution in [3.05, 3.63) is 36.4 Å². The van der Waals surface area contributed by atoms with Crippen molar-refractivity contribution in [3.63, 3.8) is 0 Å². The third kappa shape index (κ3) is 4.99. The fraction of sp³-hybridized carbons (Fsp3) is 0.444. The Hall–Kier alpha value is -1.87. The van der Waals surface area contributed by atoms with Crippen molar-refractivity contribution in [2.45, 2.75) is 41.0 Å². The lowest BCUT2D eigenvalue weighted by molar-refractivity contribution is -0.382. The van der Waals surface area contributed by atoms with Crippen LogP contribution < -0.4 is 0 Å². The molecule has 1 fully saturated rings. The predicted octanol–water partition coefficient (Wildman–Crippen LogP) is 5.27. The Labute approximate surface area is 184 Å². The van der Waals surface area contributed by atoms with E-state index in [2.05, 4.69) is 18.2 Å². The molecule has 0 atom stereocenters. The maximum absolute atomic E-state index is 12.2. The first-order chi connectivity index (χ1) is 14.9. The number of phenolic OH excluding ortho intramolecular Hbond substituents is 1. The highest BCUT2D eigenvalue weighted by atomic mass is 32.2. The second kappa shape index (κ2) is 9.06. The Morgan fingerprint density at radius 3 is 1.73 bits per heavy atom. The van der Waals surface area contributed by atoms with E-state index in [1.165, 1.54) is 34.6 Å². The molecule has 0 saturated carbocycles. The van der Waals surface area contributed by atoms with Crippen molar-refractivity contribution in [3.8, 4) is 5.75 Å². The van der Waals surface area contributed by atoms with Crippen LogP contribution in [-0.4, -0.2) is 52.9 Å². The van der Waals surface area contributed by atoms with E-state index in [1.807, 2.05) is 18.2 Å². The van der Waals surface area contributed by atoms with Crippen molar-refractivity contribution in [1.29, 1.82) is 0 Å². The molecule has 33 heavy (non-hydrogen) atoms. The van der Waals surface area contributed by atoms with Crippen LogP contribution in [-0.2, 0) is 21.0 Å². The lowest BCUT2D eigenvalue weighted by Gasteiger charge is -2.34. The number of fused-ring (bicyclic) bond motifs is 1. The molecule has 0 aliphatic carbocycles. The van der Waals surface area contributed by atoms with Crippen molar-refractivity contribution >= 4 is 31.8 Å². The van der Waals surface area contributed by atoms with Crippen LogP contribution >= 0.6 is 0 Å². The first kappa shape index (κ1) is 27.4. The SMILES string of the molecule is O=S(=O)([O-])C(F)(F)C(F)(F)C(F)(F)C(F)(F)F.Oc1ccc([S+]2CCCC2)c2ccccc12. The van der Waals surface area contributed by atoms with E-state index in [1.54, 1.807) is 0 Å². The summed E-state index contributed by atoms with van der Waals surface area (Å²) in [6.45, 7) is 0. The Morgan fingerprint density at radius 2 is 1.27 bits per heavy atom. The number of halogens is 9. The zero-order valence-corrected chi connectivity index (χ0v) is 17.8. The predicted molar refractivity (Wildman–Crippen MR) is 101 cm³/mol. The van der Waals surface area contributed by atoms with Gasteiger partial charge in [0.2, 0.25) is 0 Å². The number of alkyl halides is 9. The average Bonchev–Trinajstić information content (AvgIpc) is 3.21. The fourth-order valence-electron chi connectivity index (χ4n) is 2.90. The van der Waals surface area contributed by atoms with Crippen LogP contribution in [0.5, 0.6) is 5.75 Å². The summed E-state index contributed by atoms with van der Waals surface area (Å²) in [5.74, 6) is -11.8. The average molecular weight is 530 g/mol. The molecule has 1 aliphatic heterocycles. The van der Waals surface area contributed by atoms with Gasteiger partial charge in [0.15, 0.2) is 15.0 Å². The summed E-state index contributed by atoms with van der Waals surface area (Å²) in [7, 11) is -7.00. The number of hydrogen-bond donors (Lipinski definition) is 1. The molecule has 0 bridgehead atoms. The molecule has 1 aliphatic rings. The largest absolute Gasteiger partial charge is 0.743 e. The lowest BCUT2D eigenvalue weighted by Crippen LogP contribution is -2.63. The van der Waals surface area contributed by atoms with Gasteiger partial charge in [-0.3, -0.25) is 0 Å². The van der Waals surface area contributed by atoms with Gasteiger partial charge < -0.3 is 9.66 Å². The summed E-state index contributed by atoms with van der Waals surface area (Å²) < 4.78 is 135. The highest BCUT2D eigenvalue weighted by Gasteiger charge is 2.83. The van der Waals surface area contributed by atoms with Gasteiger partial charge in [0.1, 0.15) is 17.3 Å². The van der Waals surface area contributed by atoms with Gasteiger partial charge in [0.25, 0.3) is 0 Å². The van der Waals surface area contributed by atoms with Crippen LogP contribution in [0.25, 0.3) is 10.8 Å². The van der Waals surface area contributed by atoms with Crippen molar-refractivity contribution in [2.24, 2.45) is 0 Å². The smallest absolute Gasteiger partial charge is 0.460 e. The van der Waals surface area contributed by atoms with Crippen molar-refractivity contribution in [2.75, 3.05) is 11.5 Å². The molecule has 4 nitrogen and oxygen atoms in total. The van der Waals surface area contributed by atoms with E-state index in [4.69, 9.17) is 0 Å². The summed E-state index contributed by atoms with van der Waals surface area (Å²) >= 11 is 0. The molecule has 15 heteroatoms. The minimum Gasteiger partial charge on any atom is -0.743 e. The maximum atomic E-state index is 12.2. The third-order valence-corrected chi connectivity index (χ3v) is 8.06. The Kier molecular flexibility index (Phi) is 7.51. The number of phenols is 1. The molecule has 0 unspecified atom stereocenters. The van der Waals surface area contributed by atoms with E-state index in [9.17, 15) is 57.6 Å². The minimum atomic E-state index is -7.43. The maximum Gasteiger partial charge on any atom is 0.460 e. The van der Waals surface area contributed by atoms with Crippen molar-refractivity contribution < 1.29 is 57.6 Å². The van der Waals surface area contributed by atoms with Crippen molar-refractivity contribution in [1.82, 2.24) is 0 Å². The van der Waals surface area contributed by atoms with Crippen LogP contribution in [0.15, 0.2) is 41.3 Å². The minimum absolute atomic E-state index is 0.405. The first-order valence-electron chi connectivity index (χ1n) is 8.90. The fourth-order valence-corrected chi connectivity index (χ4v) is 5.84. The first-order valence-corrected chi connectivity index (χ1v) is 11.9. The molecule has 1 saturated heterocycles. The molecule has 2 aromatic rings. The summed E-state index contributed by atoms with van der Waals surface area (Å²) in [5.41, 5.74) is 0. The third-order valence-electron chi connectivity index (χ3n) is 4.63. The Morgan fingerprint density at radius 1 is 0.788 bits per heavy atom. The lowest BCUT2D eigenvalue weighted by atomic mass is 10.1. The molecule has 2 aromatic carbocycles. The van der Waals surface area contributed by atoms with Crippen LogP contribution in [0.4, 0.5) is 39.5 Å². The number of hydrogen-bond acceptors (Lipinski definition) is 4. The highest BCUT2D eigenvalue weighted by molar-refractivity contribution is 7.97. The summed E-state index contributed by atoms with van der Waals surface area (Å²) in [6.07, 6.45) is -4.44. The van der Waals surface area contributed by atoms with Gasteiger partial charge in [-0.25, -0.2) is 8.42 Å². The number of benzene rings is 2. The quantitative estimate of drug-likeness (QED) is 0.332. The standard InChI is InChI=1S/C14H14OS.C4HF9O3S/c15-13-7-8-14(16-9-3-4-10-16)12-6-2-1-5-11(12)13;5-1(6,3(9,10)11)2(7,8)4(12,13)17(14,15)16/h1-2,5-8H,3-4,9-10H2;(H,14,15,16). The van der Waals surface area contributed by atoms with E-state index in [0.29, 0.717) is 16.6 Å². The second-order valence-corrected chi connectivity index (χ2v) is 10.5. The number of rotatable bonds is 4. The molecule has 1 N–H and O–H groups in total. The molecular formula is C18H15F9O4S2. The molecule has 0 amide bonds. The zero-order valence-electron chi connectivity index (χ0n) is 16.2. The molecule has 1 heterocycles.